The van der Waals surface area contributed by atoms with E-state index in [0.717, 1.165) is 24.6 Å². The van der Waals surface area contributed by atoms with Gasteiger partial charge in [0, 0.05) is 32.0 Å². The van der Waals surface area contributed by atoms with Crippen molar-refractivity contribution in [1.82, 2.24) is 15.0 Å². The van der Waals surface area contributed by atoms with Crippen LogP contribution in [0.15, 0.2) is 32.6 Å². The van der Waals surface area contributed by atoms with Gasteiger partial charge in [0.1, 0.15) is 27.6 Å². The number of aliphatic carboxylic acids is 1. The maximum absolute atomic E-state index is 13.5. The molecular weight excluding hydrogens is 523 g/mol. The van der Waals surface area contributed by atoms with Crippen molar-refractivity contribution in [2.24, 2.45) is 0 Å². The lowest BCUT2D eigenvalue weighted by Gasteiger charge is -2.32. The Hall–Kier alpha value is -2.18. The molecule has 12 heteroatoms. The quantitative estimate of drug-likeness (QED) is 0.336. The fraction of sp³-hybridized carbons (Fsp3) is 0.400. The molecule has 3 aromatic rings. The number of aromatic nitrogens is 3. The number of fused-ring (bicyclic) bond motifs is 1. The van der Waals surface area contributed by atoms with E-state index in [1.54, 1.807) is 13.0 Å². The van der Waals surface area contributed by atoms with Gasteiger partial charge in [0.15, 0.2) is 15.9 Å². The average molecular weight is 543 g/mol. The maximum Gasteiger partial charge on any atom is 0.317 e. The smallest absolute Gasteiger partial charge is 0.317 e. The van der Waals surface area contributed by atoms with Gasteiger partial charge in [-0.1, -0.05) is 30.0 Å². The third kappa shape index (κ3) is 5.07. The van der Waals surface area contributed by atoms with E-state index in [0.29, 0.717) is 45.2 Å². The first kappa shape index (κ1) is 23.0. The Balaban J connectivity index is 1.45. The Kier molecular flexibility index (Phi) is 7.01. The Morgan fingerprint density at radius 3 is 2.88 bits per heavy atom. The minimum Gasteiger partial charge on any atom is -0.489 e. The molecule has 1 fully saturated rings. The number of hydrogen-bond acceptors (Lipinski definition) is 8. The lowest BCUT2D eigenvalue weighted by molar-refractivity contribution is -0.136. The number of ether oxygens (including phenoxy) is 1. The third-order valence-corrected chi connectivity index (χ3v) is 8.03. The summed E-state index contributed by atoms with van der Waals surface area (Å²) in [6.07, 6.45) is 1.80. The third-order valence-electron chi connectivity index (χ3n) is 5.03. The number of carbonyl (C=O) groups is 1. The first-order valence-corrected chi connectivity index (χ1v) is 12.5. The summed E-state index contributed by atoms with van der Waals surface area (Å²) in [4.78, 5) is 37.4. The van der Waals surface area contributed by atoms with Crippen molar-refractivity contribution in [1.29, 1.82) is 0 Å². The zero-order chi connectivity index (χ0) is 22.8. The monoisotopic (exact) mass is 542 g/mol. The predicted octanol–water partition coefficient (Wildman–Crippen LogP) is 4.28. The first-order valence-electron chi connectivity index (χ1n) is 10.0. The van der Waals surface area contributed by atoms with Crippen LogP contribution in [0.4, 0.5) is 9.52 Å². The highest BCUT2D eigenvalue weighted by molar-refractivity contribution is 9.10. The second kappa shape index (κ2) is 9.75. The summed E-state index contributed by atoms with van der Waals surface area (Å²) < 4.78 is 20.6. The summed E-state index contributed by atoms with van der Waals surface area (Å²) >= 11 is 5.66. The topological polar surface area (TPSA) is 108 Å². The molecule has 1 atom stereocenters. The highest BCUT2D eigenvalue weighted by atomic mass is 79.9. The molecule has 0 radical (unpaired) electrons. The molecule has 1 unspecified atom stereocenters. The maximum atomic E-state index is 13.5. The van der Waals surface area contributed by atoms with Gasteiger partial charge in [0.2, 0.25) is 0 Å². The largest absolute Gasteiger partial charge is 0.489 e. The second-order valence-electron chi connectivity index (χ2n) is 7.25. The predicted molar refractivity (Wildman–Crippen MR) is 126 cm³/mol. The normalized spacial score (nSPS) is 15.8. The summed E-state index contributed by atoms with van der Waals surface area (Å²) in [6, 6.07) is 4.36. The second-order valence-corrected chi connectivity index (χ2v) is 10.3. The van der Waals surface area contributed by atoms with Gasteiger partial charge in [-0.15, -0.1) is 0 Å². The van der Waals surface area contributed by atoms with Crippen molar-refractivity contribution < 1.29 is 19.0 Å². The van der Waals surface area contributed by atoms with Gasteiger partial charge in [-0.2, -0.15) is 4.98 Å². The molecule has 1 aromatic carbocycles. The van der Waals surface area contributed by atoms with Crippen molar-refractivity contribution >= 4 is 60.5 Å². The summed E-state index contributed by atoms with van der Waals surface area (Å²) in [5.74, 6) is -0.815. The number of H-pyrrole nitrogens is 1. The van der Waals surface area contributed by atoms with Crippen LogP contribution in [0.2, 0.25) is 0 Å². The molecule has 0 spiro atoms. The van der Waals surface area contributed by atoms with Gasteiger partial charge < -0.3 is 19.7 Å². The van der Waals surface area contributed by atoms with Gasteiger partial charge in [0.25, 0.3) is 5.56 Å². The molecule has 0 bridgehead atoms. The number of carboxylic acids is 1. The number of thiazole rings is 1. The lowest BCUT2D eigenvalue weighted by Crippen LogP contribution is -2.38. The van der Waals surface area contributed by atoms with Crippen LogP contribution in [-0.4, -0.2) is 50.5 Å². The molecule has 2 aromatic heterocycles. The first-order chi connectivity index (χ1) is 15.3. The number of hydrogen-bond donors (Lipinski definition) is 2. The summed E-state index contributed by atoms with van der Waals surface area (Å²) in [7, 11) is 0. The van der Waals surface area contributed by atoms with E-state index in [4.69, 9.17) is 4.74 Å². The molecule has 170 valence electrons. The molecule has 0 aliphatic carbocycles. The van der Waals surface area contributed by atoms with E-state index >= 15 is 0 Å². The van der Waals surface area contributed by atoms with Crippen LogP contribution in [0.25, 0.3) is 10.3 Å². The lowest BCUT2D eigenvalue weighted by atomic mass is 10.1. The van der Waals surface area contributed by atoms with Crippen molar-refractivity contribution in [3.05, 3.63) is 38.8 Å². The molecule has 2 N–H and O–H groups in total. The molecule has 4 rings (SSSR count). The zero-order valence-corrected chi connectivity index (χ0v) is 20.2. The van der Waals surface area contributed by atoms with E-state index in [2.05, 4.69) is 35.8 Å². The number of anilines is 1. The van der Waals surface area contributed by atoms with Crippen molar-refractivity contribution in [2.75, 3.05) is 18.0 Å². The number of rotatable bonds is 7. The highest BCUT2D eigenvalue weighted by Crippen LogP contribution is 2.32. The summed E-state index contributed by atoms with van der Waals surface area (Å²) in [5.41, 5.74) is -0.00535. The summed E-state index contributed by atoms with van der Waals surface area (Å²) in [6.45, 7) is 3.12. The van der Waals surface area contributed by atoms with Crippen LogP contribution < -0.4 is 15.2 Å². The Labute approximate surface area is 199 Å². The fourth-order valence-electron chi connectivity index (χ4n) is 3.35. The number of thioether (sulfide) groups is 1. The standard InChI is InChI=1S/C20H20BrFN4O4S2/c1-2-14(18(28)29)31-19-23-16-15(17(27)25-19)32-20(24-16)26-7-5-11(6-8-26)30-13-9-10(22)3-4-12(13)21/h3-4,9,11,14H,2,5-8H2,1H3,(H,28,29)(H,23,25,27). The van der Waals surface area contributed by atoms with Gasteiger partial charge >= 0.3 is 5.97 Å². The van der Waals surface area contributed by atoms with E-state index in [1.165, 1.54) is 23.5 Å². The van der Waals surface area contributed by atoms with Crippen molar-refractivity contribution in [3.8, 4) is 5.75 Å². The number of nitrogens with one attached hydrogen (secondary N) is 1. The van der Waals surface area contributed by atoms with E-state index in [9.17, 15) is 19.1 Å². The van der Waals surface area contributed by atoms with Crippen LogP contribution in [0.1, 0.15) is 26.2 Å². The molecule has 8 nitrogen and oxygen atoms in total. The SMILES string of the molecule is CCC(Sc1nc2nc(N3CCC(Oc4cc(F)ccc4Br)CC3)sc2c(=O)[nH]1)C(=O)O. The van der Waals surface area contributed by atoms with Crippen LogP contribution in [-0.2, 0) is 4.79 Å². The minimum atomic E-state index is -0.949. The Morgan fingerprint density at radius 1 is 1.44 bits per heavy atom. The average Bonchev–Trinajstić information content (AvgIpc) is 3.20. The fourth-order valence-corrected chi connectivity index (χ4v) is 5.47. The highest BCUT2D eigenvalue weighted by Gasteiger charge is 2.25. The molecular formula is C20H20BrFN4O4S2. The number of carboxylic acid groups (broad SMARTS) is 1. The van der Waals surface area contributed by atoms with Gasteiger partial charge in [0.05, 0.1) is 4.47 Å². The number of piperidine rings is 1. The molecule has 0 saturated carbocycles. The summed E-state index contributed by atoms with van der Waals surface area (Å²) in [5, 5.41) is 9.50. The molecule has 32 heavy (non-hydrogen) atoms. The van der Waals surface area contributed by atoms with E-state index in [-0.39, 0.29) is 22.6 Å². The zero-order valence-electron chi connectivity index (χ0n) is 17.0. The van der Waals surface area contributed by atoms with Crippen LogP contribution in [0.5, 0.6) is 5.75 Å². The molecule has 1 saturated heterocycles. The Morgan fingerprint density at radius 2 is 2.19 bits per heavy atom. The molecule has 1 aliphatic rings. The number of aromatic amines is 1. The van der Waals surface area contributed by atoms with Crippen LogP contribution in [0.3, 0.4) is 0 Å². The van der Waals surface area contributed by atoms with Crippen molar-refractivity contribution in [2.45, 2.75) is 42.7 Å². The number of halogens is 2. The van der Waals surface area contributed by atoms with Crippen molar-refractivity contribution in [3.63, 3.8) is 0 Å². The van der Waals surface area contributed by atoms with Crippen LogP contribution in [0, 0.1) is 5.82 Å². The number of benzene rings is 1. The van der Waals surface area contributed by atoms with E-state index in [1.807, 2.05) is 0 Å². The minimum absolute atomic E-state index is 0.0507. The van der Waals surface area contributed by atoms with Gasteiger partial charge in [-0.05, 0) is 34.5 Å². The van der Waals surface area contributed by atoms with Gasteiger partial charge in [-0.25, -0.2) is 9.37 Å². The molecule has 1 aliphatic heterocycles. The Bertz CT molecular complexity index is 1200. The van der Waals surface area contributed by atoms with Gasteiger partial charge in [-0.3, -0.25) is 9.59 Å². The molecule has 3 heterocycles. The molecule has 0 amide bonds. The van der Waals surface area contributed by atoms with Crippen LogP contribution >= 0.6 is 39.0 Å². The number of nitrogens with zero attached hydrogens (tertiary/aromatic N) is 3. The van der Waals surface area contributed by atoms with E-state index < -0.39 is 11.2 Å².